The molecule has 0 saturated heterocycles. The quantitative estimate of drug-likeness (QED) is 0.604. The Balaban J connectivity index is 2.84. The van der Waals surface area contributed by atoms with Crippen LogP contribution in [0.5, 0.6) is 0 Å². The van der Waals surface area contributed by atoms with E-state index in [1.165, 1.54) is 0 Å². The second kappa shape index (κ2) is 2.69. The number of carboxylic acids is 1. The summed E-state index contributed by atoms with van der Waals surface area (Å²) in [4.78, 5) is 30.6. The van der Waals surface area contributed by atoms with Crippen molar-refractivity contribution in [1.29, 1.82) is 0 Å². The van der Waals surface area contributed by atoms with Gasteiger partial charge in [-0.3, -0.25) is 4.79 Å². The highest BCUT2D eigenvalue weighted by Gasteiger charge is 2.10. The van der Waals surface area contributed by atoms with E-state index < -0.39 is 11.5 Å². The van der Waals surface area contributed by atoms with Crippen molar-refractivity contribution in [3.63, 3.8) is 0 Å². The van der Waals surface area contributed by atoms with Crippen molar-refractivity contribution in [2.75, 3.05) is 0 Å². The minimum atomic E-state index is -1.25. The number of carbonyl (C=O) groups is 1. The second-order valence-corrected chi connectivity index (χ2v) is 2.93. The largest absolute Gasteiger partial charge is 0.475 e. The van der Waals surface area contributed by atoms with Crippen molar-refractivity contribution < 1.29 is 9.90 Å². The van der Waals surface area contributed by atoms with Crippen LogP contribution < -0.4 is 5.56 Å². The molecule has 14 heavy (non-hydrogen) atoms. The van der Waals surface area contributed by atoms with Crippen LogP contribution in [-0.2, 0) is 0 Å². The number of aryl methyl sites for hydroxylation is 1. The molecule has 0 radical (unpaired) electrons. The Morgan fingerprint density at radius 2 is 2.21 bits per heavy atom. The molecule has 6 nitrogen and oxygen atoms in total. The predicted octanol–water partition coefficient (Wildman–Crippen LogP) is 0.258. The number of rotatable bonds is 1. The van der Waals surface area contributed by atoms with Crippen LogP contribution in [0, 0.1) is 6.92 Å². The Morgan fingerprint density at radius 3 is 2.86 bits per heavy atom. The molecule has 0 spiro atoms. The molecular weight excluding hydrogens is 186 g/mol. The zero-order valence-electron chi connectivity index (χ0n) is 7.29. The van der Waals surface area contributed by atoms with E-state index in [2.05, 4.69) is 15.0 Å². The zero-order chi connectivity index (χ0) is 10.3. The van der Waals surface area contributed by atoms with E-state index in [4.69, 9.17) is 5.11 Å². The average Bonchev–Trinajstić information content (AvgIpc) is 2.45. The van der Waals surface area contributed by atoms with Crippen molar-refractivity contribution in [1.82, 2.24) is 15.0 Å². The number of carboxylic acid groups (broad SMARTS) is 1. The molecule has 0 aliphatic carbocycles. The van der Waals surface area contributed by atoms with E-state index in [0.717, 1.165) is 5.69 Å². The lowest BCUT2D eigenvalue weighted by Crippen LogP contribution is -2.14. The molecule has 0 aromatic carbocycles. The monoisotopic (exact) mass is 193 g/mol. The third-order valence-corrected chi connectivity index (χ3v) is 1.83. The minimum absolute atomic E-state index is 0.295. The number of hydrogen-bond acceptors (Lipinski definition) is 3. The molecule has 0 amide bonds. The fraction of sp³-hybridized carbons (Fsp3) is 0.125. The maximum absolute atomic E-state index is 11.3. The fourth-order valence-corrected chi connectivity index (χ4v) is 1.25. The first-order chi connectivity index (χ1) is 6.58. The Morgan fingerprint density at radius 1 is 1.50 bits per heavy atom. The van der Waals surface area contributed by atoms with Gasteiger partial charge in [-0.25, -0.2) is 9.78 Å². The molecule has 2 rings (SSSR count). The van der Waals surface area contributed by atoms with Gasteiger partial charge in [0.15, 0.2) is 0 Å². The van der Waals surface area contributed by atoms with Crippen LogP contribution in [0.3, 0.4) is 0 Å². The standard InChI is InChI=1S/C8H7N3O3/c1-3-2-4-5(9-3)10-6(8(13)14)11-7(4)12/h2H,1H3,(H,13,14)(H2,9,10,11,12). The summed E-state index contributed by atoms with van der Waals surface area (Å²) in [6.07, 6.45) is 0. The van der Waals surface area contributed by atoms with Crippen molar-refractivity contribution in [3.8, 4) is 0 Å². The summed E-state index contributed by atoms with van der Waals surface area (Å²) in [6, 6.07) is 1.62. The van der Waals surface area contributed by atoms with Gasteiger partial charge in [-0.15, -0.1) is 0 Å². The van der Waals surface area contributed by atoms with Gasteiger partial charge < -0.3 is 15.1 Å². The number of hydrogen-bond donors (Lipinski definition) is 3. The minimum Gasteiger partial charge on any atom is -0.475 e. The van der Waals surface area contributed by atoms with E-state index in [-0.39, 0.29) is 5.82 Å². The molecule has 0 atom stereocenters. The Labute approximate surface area is 77.6 Å². The number of aromatic nitrogens is 3. The van der Waals surface area contributed by atoms with E-state index >= 15 is 0 Å². The first kappa shape index (κ1) is 8.49. The van der Waals surface area contributed by atoms with Gasteiger partial charge in [0.25, 0.3) is 5.56 Å². The van der Waals surface area contributed by atoms with Crippen LogP contribution in [0.2, 0.25) is 0 Å². The third kappa shape index (κ3) is 1.17. The summed E-state index contributed by atoms with van der Waals surface area (Å²) in [6.45, 7) is 1.77. The Bertz CT molecular complexity index is 567. The molecular formula is C8H7N3O3. The van der Waals surface area contributed by atoms with Gasteiger partial charge in [0, 0.05) is 5.69 Å². The Hall–Kier alpha value is -2.11. The molecule has 0 fully saturated rings. The van der Waals surface area contributed by atoms with Crippen LogP contribution in [-0.4, -0.2) is 26.0 Å². The van der Waals surface area contributed by atoms with Crippen LogP contribution in [0.25, 0.3) is 11.0 Å². The normalized spacial score (nSPS) is 10.6. The second-order valence-electron chi connectivity index (χ2n) is 2.93. The van der Waals surface area contributed by atoms with Gasteiger partial charge in [0.05, 0.1) is 5.39 Å². The van der Waals surface area contributed by atoms with Crippen molar-refractivity contribution >= 4 is 17.0 Å². The van der Waals surface area contributed by atoms with Crippen LogP contribution in [0.1, 0.15) is 16.3 Å². The number of nitrogens with one attached hydrogen (secondary N) is 2. The molecule has 0 aliphatic heterocycles. The summed E-state index contributed by atoms with van der Waals surface area (Å²) < 4.78 is 0. The predicted molar refractivity (Wildman–Crippen MR) is 48.4 cm³/mol. The third-order valence-electron chi connectivity index (χ3n) is 1.83. The molecule has 0 saturated carbocycles. The number of nitrogens with zero attached hydrogens (tertiary/aromatic N) is 1. The molecule has 3 N–H and O–H groups in total. The summed E-state index contributed by atoms with van der Waals surface area (Å²) in [7, 11) is 0. The number of aromatic carboxylic acids is 1. The SMILES string of the molecule is Cc1cc2c(=O)[nH]c(C(=O)O)nc2[nH]1. The van der Waals surface area contributed by atoms with Crippen LogP contribution in [0.4, 0.5) is 0 Å². The van der Waals surface area contributed by atoms with Crippen LogP contribution in [0.15, 0.2) is 10.9 Å². The highest BCUT2D eigenvalue weighted by atomic mass is 16.4. The van der Waals surface area contributed by atoms with E-state index in [9.17, 15) is 9.59 Å². The molecule has 2 aromatic rings. The van der Waals surface area contributed by atoms with Crippen molar-refractivity contribution in [2.24, 2.45) is 0 Å². The Kier molecular flexibility index (Phi) is 1.63. The van der Waals surface area contributed by atoms with Gasteiger partial charge in [-0.1, -0.05) is 0 Å². The number of aromatic amines is 2. The highest BCUT2D eigenvalue weighted by molar-refractivity contribution is 5.86. The summed E-state index contributed by atoms with van der Waals surface area (Å²) in [5.74, 6) is -1.61. The van der Waals surface area contributed by atoms with Gasteiger partial charge in [0.2, 0.25) is 5.82 Å². The molecule has 0 aliphatic rings. The molecule has 0 unspecified atom stereocenters. The molecule has 72 valence electrons. The lowest BCUT2D eigenvalue weighted by molar-refractivity contribution is 0.0683. The van der Waals surface area contributed by atoms with Gasteiger partial charge in [0.1, 0.15) is 5.65 Å². The summed E-state index contributed by atoms with van der Waals surface area (Å²) >= 11 is 0. The van der Waals surface area contributed by atoms with Gasteiger partial charge in [-0.05, 0) is 13.0 Å². The number of H-pyrrole nitrogens is 2. The molecule has 6 heteroatoms. The zero-order valence-corrected chi connectivity index (χ0v) is 7.29. The lowest BCUT2D eigenvalue weighted by atomic mass is 10.4. The van der Waals surface area contributed by atoms with E-state index in [0.29, 0.717) is 11.0 Å². The highest BCUT2D eigenvalue weighted by Crippen LogP contribution is 2.07. The first-order valence-corrected chi connectivity index (χ1v) is 3.91. The average molecular weight is 193 g/mol. The molecule has 0 bridgehead atoms. The van der Waals surface area contributed by atoms with E-state index in [1.807, 2.05) is 0 Å². The summed E-state index contributed by atoms with van der Waals surface area (Å²) in [5.41, 5.74) is 0.612. The molecule has 2 heterocycles. The molecule has 2 aromatic heterocycles. The summed E-state index contributed by atoms with van der Waals surface area (Å²) in [5, 5.41) is 9.00. The maximum atomic E-state index is 11.3. The number of fused-ring (bicyclic) bond motifs is 1. The van der Waals surface area contributed by atoms with E-state index in [1.54, 1.807) is 13.0 Å². The van der Waals surface area contributed by atoms with Crippen molar-refractivity contribution in [3.05, 3.63) is 27.9 Å². The van der Waals surface area contributed by atoms with Crippen molar-refractivity contribution in [2.45, 2.75) is 6.92 Å². The topological polar surface area (TPSA) is 98.8 Å². The van der Waals surface area contributed by atoms with Gasteiger partial charge >= 0.3 is 5.97 Å². The maximum Gasteiger partial charge on any atom is 0.372 e. The van der Waals surface area contributed by atoms with Gasteiger partial charge in [-0.2, -0.15) is 0 Å². The fourth-order valence-electron chi connectivity index (χ4n) is 1.25. The van der Waals surface area contributed by atoms with Crippen LogP contribution >= 0.6 is 0 Å². The first-order valence-electron chi connectivity index (χ1n) is 3.91. The smallest absolute Gasteiger partial charge is 0.372 e. The lowest BCUT2D eigenvalue weighted by Gasteiger charge is -1.92.